The van der Waals surface area contributed by atoms with E-state index in [9.17, 15) is 4.79 Å². The second-order valence-corrected chi connectivity index (χ2v) is 9.41. The van der Waals surface area contributed by atoms with Crippen molar-refractivity contribution < 1.29 is 9.90 Å². The van der Waals surface area contributed by atoms with Crippen molar-refractivity contribution in [3.8, 4) is 15.4 Å². The molecule has 0 unspecified atom stereocenters. The van der Waals surface area contributed by atoms with E-state index in [0.717, 1.165) is 46.5 Å². The molecule has 0 bridgehead atoms. The van der Waals surface area contributed by atoms with Crippen molar-refractivity contribution in [3.63, 3.8) is 0 Å². The lowest BCUT2D eigenvalue weighted by atomic mass is 10.1. The third-order valence-electron chi connectivity index (χ3n) is 4.25. The van der Waals surface area contributed by atoms with Crippen molar-refractivity contribution in [3.05, 3.63) is 44.1 Å². The van der Waals surface area contributed by atoms with Gasteiger partial charge in [0.05, 0.1) is 15.8 Å². The van der Waals surface area contributed by atoms with E-state index in [1.54, 1.807) is 11.3 Å². The Morgan fingerprint density at radius 2 is 2.04 bits per heavy atom. The summed E-state index contributed by atoms with van der Waals surface area (Å²) in [4.78, 5) is 12.1. The Hall–Kier alpha value is -1.06. The summed E-state index contributed by atoms with van der Waals surface area (Å²) in [6.07, 6.45) is 3.05. The fourth-order valence-electron chi connectivity index (χ4n) is 3.14. The number of fused-ring (bicyclic) bond motifs is 1. The van der Waals surface area contributed by atoms with E-state index < -0.39 is 5.97 Å². The zero-order chi connectivity index (χ0) is 19.1. The number of aliphatic carboxylic acids is 1. The minimum Gasteiger partial charge on any atom is -0.481 e. The van der Waals surface area contributed by atoms with Crippen LogP contribution in [-0.4, -0.2) is 31.6 Å². The minimum absolute atomic E-state index is 0.0711. The first kappa shape index (κ1) is 19.3. The van der Waals surface area contributed by atoms with Crippen LogP contribution < -0.4 is 0 Å². The van der Waals surface area contributed by atoms with E-state index in [-0.39, 0.29) is 5.75 Å². The van der Waals surface area contributed by atoms with Gasteiger partial charge in [0.1, 0.15) is 5.00 Å². The second-order valence-electron chi connectivity index (χ2n) is 5.95. The SMILES string of the molecule is O=C(O)CSc1nnc(Br)n1-c1sc(-c2ccc(Cl)c(Cl)c2)c2c1CCC2. The van der Waals surface area contributed by atoms with Crippen LogP contribution in [-0.2, 0) is 17.6 Å². The standard InChI is InChI=1S/C17H12BrCl2N3O2S2/c18-16-21-22-17(26-7-13(24)25)23(16)15-10-3-1-2-9(10)14(27-15)8-4-5-11(19)12(20)6-8/h4-6H,1-3,7H2,(H,24,25). The zero-order valence-electron chi connectivity index (χ0n) is 13.7. The van der Waals surface area contributed by atoms with Gasteiger partial charge in [-0.15, -0.1) is 21.5 Å². The van der Waals surface area contributed by atoms with Crippen LogP contribution in [0.1, 0.15) is 17.5 Å². The van der Waals surface area contributed by atoms with Crippen LogP contribution >= 0.6 is 62.2 Å². The molecule has 1 aliphatic carbocycles. The molecule has 0 aliphatic heterocycles. The molecule has 2 heterocycles. The van der Waals surface area contributed by atoms with Gasteiger partial charge in [-0.3, -0.25) is 9.36 Å². The third-order valence-corrected chi connectivity index (χ3v) is 7.73. The highest BCUT2D eigenvalue weighted by molar-refractivity contribution is 9.10. The number of carboxylic acids is 1. The minimum atomic E-state index is -0.890. The lowest BCUT2D eigenvalue weighted by Crippen LogP contribution is -2.02. The van der Waals surface area contributed by atoms with E-state index in [0.29, 0.717) is 19.9 Å². The molecule has 5 nitrogen and oxygen atoms in total. The molecule has 140 valence electrons. The van der Waals surface area contributed by atoms with Gasteiger partial charge < -0.3 is 5.11 Å². The average molecular weight is 505 g/mol. The van der Waals surface area contributed by atoms with Gasteiger partial charge in [-0.2, -0.15) is 0 Å². The summed E-state index contributed by atoms with van der Waals surface area (Å²) in [5.41, 5.74) is 3.60. The van der Waals surface area contributed by atoms with E-state index in [1.165, 1.54) is 11.1 Å². The Kier molecular flexibility index (Phi) is 5.53. The van der Waals surface area contributed by atoms with Crippen LogP contribution in [0.3, 0.4) is 0 Å². The van der Waals surface area contributed by atoms with Crippen LogP contribution in [0.2, 0.25) is 10.0 Å². The third kappa shape index (κ3) is 3.65. The van der Waals surface area contributed by atoms with Crippen molar-refractivity contribution in [1.29, 1.82) is 0 Å². The number of thioether (sulfide) groups is 1. The van der Waals surface area contributed by atoms with Gasteiger partial charge in [0.15, 0.2) is 5.16 Å². The normalized spacial score (nSPS) is 13.1. The Labute approximate surface area is 181 Å². The number of carboxylic acid groups (broad SMARTS) is 1. The molecular weight excluding hydrogens is 493 g/mol. The Balaban J connectivity index is 1.83. The number of aromatic nitrogens is 3. The smallest absolute Gasteiger partial charge is 0.313 e. The van der Waals surface area contributed by atoms with Crippen molar-refractivity contribution in [2.75, 3.05) is 5.75 Å². The number of carbonyl (C=O) groups is 1. The van der Waals surface area contributed by atoms with Crippen LogP contribution in [0.4, 0.5) is 0 Å². The fraction of sp³-hybridized carbons (Fsp3) is 0.235. The molecule has 2 aromatic heterocycles. The summed E-state index contributed by atoms with van der Waals surface area (Å²) in [6.45, 7) is 0. The van der Waals surface area contributed by atoms with Gasteiger partial charge in [0.25, 0.3) is 0 Å². The maximum absolute atomic E-state index is 11.0. The van der Waals surface area contributed by atoms with E-state index in [2.05, 4.69) is 26.1 Å². The summed E-state index contributed by atoms with van der Waals surface area (Å²) < 4.78 is 2.45. The molecule has 4 rings (SSSR count). The second kappa shape index (κ2) is 7.75. The molecule has 1 N–H and O–H groups in total. The van der Waals surface area contributed by atoms with Crippen molar-refractivity contribution in [2.24, 2.45) is 0 Å². The predicted molar refractivity (Wildman–Crippen MR) is 113 cm³/mol. The van der Waals surface area contributed by atoms with E-state index >= 15 is 0 Å². The van der Waals surface area contributed by atoms with Gasteiger partial charge in [-0.1, -0.05) is 41.0 Å². The number of nitrogens with zero attached hydrogens (tertiary/aromatic N) is 3. The van der Waals surface area contributed by atoms with Crippen molar-refractivity contribution >= 4 is 68.2 Å². The molecule has 0 atom stereocenters. The summed E-state index contributed by atoms with van der Waals surface area (Å²) in [5, 5.41) is 19.8. The quantitative estimate of drug-likeness (QED) is 0.449. The molecule has 1 aliphatic rings. The number of rotatable bonds is 5. The molecule has 27 heavy (non-hydrogen) atoms. The van der Waals surface area contributed by atoms with Crippen LogP contribution in [0, 0.1) is 0 Å². The summed E-state index contributed by atoms with van der Waals surface area (Å²) in [7, 11) is 0. The lowest BCUT2D eigenvalue weighted by molar-refractivity contribution is -0.133. The molecular formula is C17H12BrCl2N3O2S2. The lowest BCUT2D eigenvalue weighted by Gasteiger charge is -2.06. The Morgan fingerprint density at radius 1 is 1.26 bits per heavy atom. The number of hydrogen-bond donors (Lipinski definition) is 1. The Bertz CT molecular complexity index is 1050. The highest BCUT2D eigenvalue weighted by atomic mass is 79.9. The molecule has 0 saturated heterocycles. The van der Waals surface area contributed by atoms with E-state index in [4.69, 9.17) is 28.3 Å². The highest BCUT2D eigenvalue weighted by Crippen LogP contribution is 2.46. The zero-order valence-corrected chi connectivity index (χ0v) is 18.4. The molecule has 0 saturated carbocycles. The summed E-state index contributed by atoms with van der Waals surface area (Å²) in [6, 6.07) is 5.67. The topological polar surface area (TPSA) is 68.0 Å². The van der Waals surface area contributed by atoms with Crippen molar-refractivity contribution in [2.45, 2.75) is 24.4 Å². The van der Waals surface area contributed by atoms with Gasteiger partial charge in [0, 0.05) is 4.88 Å². The maximum atomic E-state index is 11.0. The molecule has 3 aromatic rings. The molecule has 1 aromatic carbocycles. The fourth-order valence-corrected chi connectivity index (χ4v) is 6.22. The maximum Gasteiger partial charge on any atom is 0.313 e. The number of halogens is 3. The van der Waals surface area contributed by atoms with Crippen LogP contribution in [0.25, 0.3) is 15.4 Å². The van der Waals surface area contributed by atoms with Gasteiger partial charge in [-0.05, 0) is 64.0 Å². The van der Waals surface area contributed by atoms with Crippen LogP contribution in [0.5, 0.6) is 0 Å². The summed E-state index contributed by atoms with van der Waals surface area (Å²) in [5.74, 6) is -0.961. The highest BCUT2D eigenvalue weighted by Gasteiger charge is 2.27. The molecule has 0 spiro atoms. The first-order chi connectivity index (χ1) is 13.0. The first-order valence-electron chi connectivity index (χ1n) is 8.01. The summed E-state index contributed by atoms with van der Waals surface area (Å²) >= 11 is 18.5. The van der Waals surface area contributed by atoms with Gasteiger partial charge in [0.2, 0.25) is 4.73 Å². The largest absolute Gasteiger partial charge is 0.481 e. The monoisotopic (exact) mass is 503 g/mol. The number of benzene rings is 1. The van der Waals surface area contributed by atoms with Gasteiger partial charge in [-0.25, -0.2) is 0 Å². The Morgan fingerprint density at radius 3 is 2.78 bits per heavy atom. The average Bonchev–Trinajstić information content (AvgIpc) is 3.31. The number of thiophene rings is 1. The molecule has 0 fully saturated rings. The molecule has 0 radical (unpaired) electrons. The van der Waals surface area contributed by atoms with Crippen LogP contribution in [0.15, 0.2) is 28.1 Å². The number of hydrogen-bond acceptors (Lipinski definition) is 5. The van der Waals surface area contributed by atoms with Gasteiger partial charge >= 0.3 is 5.97 Å². The molecule has 10 heteroatoms. The predicted octanol–water partition coefficient (Wildman–Crippen LogP) is 5.73. The first-order valence-corrected chi connectivity index (χ1v) is 11.4. The van der Waals surface area contributed by atoms with E-state index in [1.807, 2.05) is 22.8 Å². The molecule has 0 amide bonds. The van der Waals surface area contributed by atoms with Crippen molar-refractivity contribution in [1.82, 2.24) is 14.8 Å².